The van der Waals surface area contributed by atoms with E-state index in [0.29, 0.717) is 6.54 Å². The van der Waals surface area contributed by atoms with Gasteiger partial charge in [-0.1, -0.05) is 12.1 Å². The van der Waals surface area contributed by atoms with Crippen molar-refractivity contribution < 1.29 is 4.79 Å². The highest BCUT2D eigenvalue weighted by Gasteiger charge is 2.20. The van der Waals surface area contributed by atoms with E-state index in [1.165, 1.54) is 12.8 Å². The number of nitrogens with zero attached hydrogens (tertiary/aromatic N) is 1. The standard InChI is InChI=1S/C13H16N4O.ClH/c18-12(8-14-6-9-4-5-9)16-11-3-1-2-10-7-15-17-13(10)11;/h1-3,7,9,14H,4-6,8H2,(H,15,17)(H,16,18);1H. The van der Waals surface area contributed by atoms with Crippen molar-refractivity contribution in [3.05, 3.63) is 24.4 Å². The van der Waals surface area contributed by atoms with E-state index in [1.807, 2.05) is 18.2 Å². The molecule has 3 N–H and O–H groups in total. The fourth-order valence-corrected chi connectivity index (χ4v) is 1.98. The van der Waals surface area contributed by atoms with E-state index in [9.17, 15) is 4.79 Å². The molecule has 102 valence electrons. The molecule has 19 heavy (non-hydrogen) atoms. The molecule has 2 aromatic rings. The molecule has 1 fully saturated rings. The number of aromatic amines is 1. The summed E-state index contributed by atoms with van der Waals surface area (Å²) in [6.07, 6.45) is 4.33. The van der Waals surface area contributed by atoms with E-state index in [1.54, 1.807) is 6.20 Å². The number of hydrogen-bond acceptors (Lipinski definition) is 3. The first-order valence-electron chi connectivity index (χ1n) is 6.25. The monoisotopic (exact) mass is 280 g/mol. The maximum atomic E-state index is 11.8. The predicted octanol–water partition coefficient (Wildman–Crippen LogP) is 1.92. The number of benzene rings is 1. The number of carbonyl (C=O) groups is 1. The zero-order valence-electron chi connectivity index (χ0n) is 10.5. The van der Waals surface area contributed by atoms with E-state index in [4.69, 9.17) is 0 Å². The molecule has 1 aromatic carbocycles. The molecule has 1 aromatic heterocycles. The molecule has 5 nitrogen and oxygen atoms in total. The van der Waals surface area contributed by atoms with Gasteiger partial charge in [0.25, 0.3) is 0 Å². The fourth-order valence-electron chi connectivity index (χ4n) is 1.98. The average molecular weight is 281 g/mol. The Morgan fingerprint density at radius 1 is 1.42 bits per heavy atom. The Labute approximate surface area is 117 Å². The second kappa shape index (κ2) is 6.04. The van der Waals surface area contributed by atoms with Crippen molar-refractivity contribution in [3.8, 4) is 0 Å². The minimum absolute atomic E-state index is 0. The average Bonchev–Trinajstić information content (AvgIpc) is 3.05. The third-order valence-corrected chi connectivity index (χ3v) is 3.17. The smallest absolute Gasteiger partial charge is 0.238 e. The molecule has 0 aliphatic heterocycles. The molecule has 1 heterocycles. The zero-order chi connectivity index (χ0) is 12.4. The molecule has 1 saturated carbocycles. The Kier molecular flexibility index (Phi) is 4.39. The molecule has 1 aliphatic rings. The highest BCUT2D eigenvalue weighted by molar-refractivity contribution is 6.00. The molecular formula is C13H17ClN4O. The normalized spacial score (nSPS) is 14.1. The molecule has 1 amide bonds. The number of rotatable bonds is 5. The fraction of sp³-hybridized carbons (Fsp3) is 0.385. The summed E-state index contributed by atoms with van der Waals surface area (Å²) in [5.74, 6) is 0.770. The molecule has 0 spiro atoms. The summed E-state index contributed by atoms with van der Waals surface area (Å²) in [5, 5.41) is 13.9. The summed E-state index contributed by atoms with van der Waals surface area (Å²) < 4.78 is 0. The van der Waals surface area contributed by atoms with E-state index in [0.717, 1.165) is 29.1 Å². The maximum Gasteiger partial charge on any atom is 0.238 e. The highest BCUT2D eigenvalue weighted by atomic mass is 35.5. The van der Waals surface area contributed by atoms with Crippen molar-refractivity contribution >= 4 is 34.9 Å². The van der Waals surface area contributed by atoms with Crippen LogP contribution in [0, 0.1) is 5.92 Å². The first-order valence-corrected chi connectivity index (χ1v) is 6.25. The number of halogens is 1. The van der Waals surface area contributed by atoms with Gasteiger partial charge in [0.15, 0.2) is 0 Å². The number of para-hydroxylation sites is 1. The third-order valence-electron chi connectivity index (χ3n) is 3.17. The van der Waals surface area contributed by atoms with Crippen LogP contribution in [0.25, 0.3) is 10.9 Å². The minimum Gasteiger partial charge on any atom is -0.323 e. The SMILES string of the molecule is Cl.O=C(CNCC1CC1)Nc1cccc2cn[nH]c12. The molecular weight excluding hydrogens is 264 g/mol. The van der Waals surface area contributed by atoms with Crippen LogP contribution in [-0.2, 0) is 4.79 Å². The molecule has 3 rings (SSSR count). The number of anilines is 1. The Morgan fingerprint density at radius 3 is 3.05 bits per heavy atom. The topological polar surface area (TPSA) is 69.8 Å². The Hall–Kier alpha value is -1.59. The van der Waals surface area contributed by atoms with Crippen LogP contribution < -0.4 is 10.6 Å². The van der Waals surface area contributed by atoms with Gasteiger partial charge in [-0.25, -0.2) is 0 Å². The molecule has 0 radical (unpaired) electrons. The molecule has 0 saturated heterocycles. The number of nitrogens with one attached hydrogen (secondary N) is 3. The number of fused-ring (bicyclic) bond motifs is 1. The van der Waals surface area contributed by atoms with Crippen LogP contribution in [0.3, 0.4) is 0 Å². The van der Waals surface area contributed by atoms with Gasteiger partial charge in [0.1, 0.15) is 0 Å². The summed E-state index contributed by atoms with van der Waals surface area (Å²) in [5.41, 5.74) is 1.65. The lowest BCUT2D eigenvalue weighted by atomic mass is 10.2. The lowest BCUT2D eigenvalue weighted by Gasteiger charge is -2.07. The number of carbonyl (C=O) groups excluding carboxylic acids is 1. The number of H-pyrrole nitrogens is 1. The van der Waals surface area contributed by atoms with Crippen LogP contribution in [0.2, 0.25) is 0 Å². The van der Waals surface area contributed by atoms with Gasteiger partial charge >= 0.3 is 0 Å². The quantitative estimate of drug-likeness (QED) is 0.784. The van der Waals surface area contributed by atoms with E-state index in [-0.39, 0.29) is 18.3 Å². The molecule has 6 heteroatoms. The predicted molar refractivity (Wildman–Crippen MR) is 77.6 cm³/mol. The molecule has 0 unspecified atom stereocenters. The van der Waals surface area contributed by atoms with E-state index >= 15 is 0 Å². The van der Waals surface area contributed by atoms with E-state index in [2.05, 4.69) is 20.8 Å². The Bertz CT molecular complexity index is 565. The third kappa shape index (κ3) is 3.45. The van der Waals surface area contributed by atoms with Crippen molar-refractivity contribution in [1.82, 2.24) is 15.5 Å². The highest BCUT2D eigenvalue weighted by Crippen LogP contribution is 2.27. The largest absolute Gasteiger partial charge is 0.323 e. The Balaban J connectivity index is 0.00000133. The summed E-state index contributed by atoms with van der Waals surface area (Å²) in [7, 11) is 0. The summed E-state index contributed by atoms with van der Waals surface area (Å²) in [4.78, 5) is 11.8. The lowest BCUT2D eigenvalue weighted by Crippen LogP contribution is -2.29. The first kappa shape index (κ1) is 13.8. The first-order chi connectivity index (χ1) is 8.83. The van der Waals surface area contributed by atoms with Gasteiger partial charge in [-0.3, -0.25) is 9.89 Å². The number of amides is 1. The summed E-state index contributed by atoms with van der Waals surface area (Å²) >= 11 is 0. The van der Waals surface area contributed by atoms with Gasteiger partial charge in [0.2, 0.25) is 5.91 Å². The Morgan fingerprint density at radius 2 is 2.26 bits per heavy atom. The van der Waals surface area contributed by atoms with E-state index < -0.39 is 0 Å². The zero-order valence-corrected chi connectivity index (χ0v) is 11.3. The van der Waals surface area contributed by atoms with Gasteiger partial charge in [-0.05, 0) is 31.4 Å². The summed E-state index contributed by atoms with van der Waals surface area (Å²) in [6.45, 7) is 1.31. The van der Waals surface area contributed by atoms with Gasteiger partial charge in [-0.15, -0.1) is 12.4 Å². The molecule has 0 bridgehead atoms. The number of hydrogen-bond donors (Lipinski definition) is 3. The number of aromatic nitrogens is 2. The molecule has 1 aliphatic carbocycles. The van der Waals surface area contributed by atoms with Gasteiger partial charge in [0, 0.05) is 5.39 Å². The van der Waals surface area contributed by atoms with Crippen LogP contribution in [0.5, 0.6) is 0 Å². The second-order valence-electron chi connectivity index (χ2n) is 4.76. The molecule has 0 atom stereocenters. The van der Waals surface area contributed by atoms with Crippen molar-refractivity contribution in [2.24, 2.45) is 5.92 Å². The van der Waals surface area contributed by atoms with Gasteiger partial charge in [-0.2, -0.15) is 5.10 Å². The van der Waals surface area contributed by atoms with Gasteiger partial charge < -0.3 is 10.6 Å². The van der Waals surface area contributed by atoms with Crippen molar-refractivity contribution in [2.45, 2.75) is 12.8 Å². The minimum atomic E-state index is -0.0160. The van der Waals surface area contributed by atoms with Crippen molar-refractivity contribution in [2.75, 3.05) is 18.4 Å². The van der Waals surface area contributed by atoms with Crippen LogP contribution >= 0.6 is 12.4 Å². The van der Waals surface area contributed by atoms with Crippen LogP contribution in [-0.4, -0.2) is 29.2 Å². The van der Waals surface area contributed by atoms with Crippen molar-refractivity contribution in [1.29, 1.82) is 0 Å². The van der Waals surface area contributed by atoms with Crippen LogP contribution in [0.1, 0.15) is 12.8 Å². The maximum absolute atomic E-state index is 11.8. The van der Waals surface area contributed by atoms with Crippen molar-refractivity contribution in [3.63, 3.8) is 0 Å². The van der Waals surface area contributed by atoms with Gasteiger partial charge in [0.05, 0.1) is 23.9 Å². The second-order valence-corrected chi connectivity index (χ2v) is 4.76. The van der Waals surface area contributed by atoms with Crippen LogP contribution in [0.15, 0.2) is 24.4 Å². The summed E-state index contributed by atoms with van der Waals surface area (Å²) in [6, 6.07) is 5.74. The lowest BCUT2D eigenvalue weighted by molar-refractivity contribution is -0.115. The van der Waals surface area contributed by atoms with Crippen LogP contribution in [0.4, 0.5) is 5.69 Å².